The summed E-state index contributed by atoms with van der Waals surface area (Å²) in [6.45, 7) is 3.27. The molecule has 1 saturated heterocycles. The zero-order valence-electron chi connectivity index (χ0n) is 17.2. The molecule has 3 aliphatic rings. The summed E-state index contributed by atoms with van der Waals surface area (Å²) in [6.07, 6.45) is 5.99. The highest BCUT2D eigenvalue weighted by Gasteiger charge is 2.21. The van der Waals surface area contributed by atoms with Crippen LogP contribution >= 0.6 is 0 Å². The fourth-order valence-corrected chi connectivity index (χ4v) is 4.50. The van der Waals surface area contributed by atoms with Gasteiger partial charge < -0.3 is 18.9 Å². The molecule has 5 rings (SSSR count). The Morgan fingerprint density at radius 3 is 2.90 bits per heavy atom. The number of hydrogen-bond acceptors (Lipinski definition) is 6. The van der Waals surface area contributed by atoms with E-state index in [1.165, 1.54) is 36.8 Å². The minimum Gasteiger partial charge on any atom is -0.475 e. The third kappa shape index (κ3) is 4.29. The number of ether oxygens (including phenoxy) is 4. The van der Waals surface area contributed by atoms with E-state index in [0.29, 0.717) is 51.6 Å². The second kappa shape index (κ2) is 8.88. The van der Waals surface area contributed by atoms with E-state index < -0.39 is 0 Å². The van der Waals surface area contributed by atoms with E-state index in [1.807, 2.05) is 6.07 Å². The second-order valence-electron chi connectivity index (χ2n) is 8.25. The average Bonchev–Trinajstić information content (AvgIpc) is 3.30. The summed E-state index contributed by atoms with van der Waals surface area (Å²) in [5.74, 6) is 0.335. The van der Waals surface area contributed by atoms with E-state index in [9.17, 15) is 4.79 Å². The van der Waals surface area contributed by atoms with Gasteiger partial charge in [0, 0.05) is 18.2 Å². The standard InChI is InChI=1S/C23H28N2O5/c26-23-24-22(30-15-19-14-27-9-10-28-19)12-21-20-6-5-16(11-17(20)7-8-25(21)23)13-29-18-3-1-2-4-18/h5-6,11-12,18-19H,1-4,7-10,13-15H2/t19-/m0/s1. The Labute approximate surface area is 175 Å². The summed E-state index contributed by atoms with van der Waals surface area (Å²) in [6, 6.07) is 8.27. The number of rotatable bonds is 6. The van der Waals surface area contributed by atoms with E-state index in [2.05, 4.69) is 23.2 Å². The summed E-state index contributed by atoms with van der Waals surface area (Å²) in [5.41, 5.74) is 4.07. The monoisotopic (exact) mass is 412 g/mol. The van der Waals surface area contributed by atoms with Gasteiger partial charge in [0.1, 0.15) is 12.7 Å². The van der Waals surface area contributed by atoms with Crippen molar-refractivity contribution in [2.24, 2.45) is 0 Å². The van der Waals surface area contributed by atoms with E-state index in [1.54, 1.807) is 4.57 Å². The molecule has 1 saturated carbocycles. The highest BCUT2D eigenvalue weighted by molar-refractivity contribution is 5.67. The molecule has 1 atom stereocenters. The van der Waals surface area contributed by atoms with Crippen LogP contribution in [0.3, 0.4) is 0 Å². The Kier molecular flexibility index (Phi) is 5.84. The van der Waals surface area contributed by atoms with Crippen LogP contribution in [0.1, 0.15) is 36.8 Å². The summed E-state index contributed by atoms with van der Waals surface area (Å²) in [4.78, 5) is 16.7. The van der Waals surface area contributed by atoms with Crippen LogP contribution in [0.2, 0.25) is 0 Å². The van der Waals surface area contributed by atoms with Gasteiger partial charge >= 0.3 is 5.69 Å². The van der Waals surface area contributed by atoms with Crippen molar-refractivity contribution in [2.75, 3.05) is 26.4 Å². The number of benzene rings is 1. The Bertz CT molecular complexity index is 945. The second-order valence-corrected chi connectivity index (χ2v) is 8.25. The van der Waals surface area contributed by atoms with E-state index in [-0.39, 0.29) is 11.8 Å². The minimum atomic E-state index is -0.275. The molecular formula is C23H28N2O5. The summed E-state index contributed by atoms with van der Waals surface area (Å²) >= 11 is 0. The molecule has 2 aromatic rings. The Morgan fingerprint density at radius 2 is 2.07 bits per heavy atom. The molecule has 0 N–H and O–H groups in total. The molecule has 7 heteroatoms. The van der Waals surface area contributed by atoms with Crippen LogP contribution in [0.15, 0.2) is 29.1 Å². The first-order chi connectivity index (χ1) is 14.8. The zero-order valence-corrected chi connectivity index (χ0v) is 17.2. The molecule has 3 heterocycles. The normalized spacial score (nSPS) is 21.3. The van der Waals surface area contributed by atoms with E-state index in [4.69, 9.17) is 18.9 Å². The van der Waals surface area contributed by atoms with Crippen molar-refractivity contribution in [1.29, 1.82) is 0 Å². The van der Waals surface area contributed by atoms with Gasteiger partial charge in [0.15, 0.2) is 0 Å². The highest BCUT2D eigenvalue weighted by Crippen LogP contribution is 2.31. The first kappa shape index (κ1) is 19.7. The quantitative estimate of drug-likeness (QED) is 0.727. The summed E-state index contributed by atoms with van der Waals surface area (Å²) < 4.78 is 24.6. The van der Waals surface area contributed by atoms with Gasteiger partial charge in [-0.2, -0.15) is 4.98 Å². The fraction of sp³-hybridized carbons (Fsp3) is 0.565. The van der Waals surface area contributed by atoms with Crippen LogP contribution in [0, 0.1) is 0 Å². The third-order valence-electron chi connectivity index (χ3n) is 6.13. The van der Waals surface area contributed by atoms with Gasteiger partial charge in [-0.25, -0.2) is 4.79 Å². The van der Waals surface area contributed by atoms with Crippen molar-refractivity contribution in [2.45, 2.75) is 57.5 Å². The van der Waals surface area contributed by atoms with Crippen LogP contribution < -0.4 is 10.4 Å². The molecule has 0 unspecified atom stereocenters. The lowest BCUT2D eigenvalue weighted by Crippen LogP contribution is -2.34. The van der Waals surface area contributed by atoms with Gasteiger partial charge in [-0.05, 0) is 30.4 Å². The minimum absolute atomic E-state index is 0.131. The van der Waals surface area contributed by atoms with Crippen molar-refractivity contribution in [3.63, 3.8) is 0 Å². The highest BCUT2D eigenvalue weighted by atomic mass is 16.6. The lowest BCUT2D eigenvalue weighted by Gasteiger charge is -2.24. The molecule has 1 aromatic carbocycles. The van der Waals surface area contributed by atoms with Gasteiger partial charge in [0.05, 0.1) is 38.2 Å². The SMILES string of the molecule is O=c1nc(OC[C@@H]2COCCO2)cc2n1CCc1cc(COC3CCCC3)ccc1-2. The predicted octanol–water partition coefficient (Wildman–Crippen LogP) is 2.72. The predicted molar refractivity (Wildman–Crippen MR) is 111 cm³/mol. The summed E-state index contributed by atoms with van der Waals surface area (Å²) in [5, 5.41) is 0. The first-order valence-electron chi connectivity index (χ1n) is 10.9. The molecule has 2 fully saturated rings. The van der Waals surface area contributed by atoms with Gasteiger partial charge in [0.25, 0.3) is 0 Å². The van der Waals surface area contributed by atoms with Crippen LogP contribution in [-0.4, -0.2) is 48.2 Å². The molecule has 2 aliphatic heterocycles. The molecule has 0 amide bonds. The topological polar surface area (TPSA) is 71.8 Å². The third-order valence-corrected chi connectivity index (χ3v) is 6.13. The number of aryl methyl sites for hydroxylation is 1. The van der Waals surface area contributed by atoms with Gasteiger partial charge in [0.2, 0.25) is 5.88 Å². The number of nitrogens with zero attached hydrogens (tertiary/aromatic N) is 2. The molecule has 0 radical (unpaired) electrons. The maximum absolute atomic E-state index is 12.6. The zero-order chi connectivity index (χ0) is 20.3. The van der Waals surface area contributed by atoms with Gasteiger partial charge in [-0.1, -0.05) is 31.0 Å². The van der Waals surface area contributed by atoms with Crippen LogP contribution in [-0.2, 0) is 33.8 Å². The maximum Gasteiger partial charge on any atom is 0.351 e. The van der Waals surface area contributed by atoms with Crippen molar-refractivity contribution < 1.29 is 18.9 Å². The van der Waals surface area contributed by atoms with Crippen molar-refractivity contribution in [3.8, 4) is 17.1 Å². The van der Waals surface area contributed by atoms with Crippen LogP contribution in [0.5, 0.6) is 5.88 Å². The Balaban J connectivity index is 1.33. The van der Waals surface area contributed by atoms with Crippen LogP contribution in [0.4, 0.5) is 0 Å². The molecule has 1 aliphatic carbocycles. The van der Waals surface area contributed by atoms with E-state index in [0.717, 1.165) is 17.7 Å². The molecule has 0 spiro atoms. The maximum atomic E-state index is 12.6. The Hall–Kier alpha value is -2.22. The van der Waals surface area contributed by atoms with Crippen molar-refractivity contribution in [3.05, 3.63) is 45.9 Å². The molecule has 30 heavy (non-hydrogen) atoms. The van der Waals surface area contributed by atoms with E-state index >= 15 is 0 Å². The molecule has 1 aromatic heterocycles. The molecule has 7 nitrogen and oxygen atoms in total. The fourth-order valence-electron chi connectivity index (χ4n) is 4.50. The Morgan fingerprint density at radius 1 is 1.17 bits per heavy atom. The first-order valence-corrected chi connectivity index (χ1v) is 10.9. The average molecular weight is 412 g/mol. The smallest absolute Gasteiger partial charge is 0.351 e. The molecule has 0 bridgehead atoms. The number of aromatic nitrogens is 2. The lowest BCUT2D eigenvalue weighted by molar-refractivity contribution is -0.102. The van der Waals surface area contributed by atoms with Crippen molar-refractivity contribution in [1.82, 2.24) is 9.55 Å². The molecule has 160 valence electrons. The number of hydrogen-bond donors (Lipinski definition) is 0. The van der Waals surface area contributed by atoms with Gasteiger partial charge in [-0.15, -0.1) is 0 Å². The molecular weight excluding hydrogens is 384 g/mol. The van der Waals surface area contributed by atoms with Crippen molar-refractivity contribution >= 4 is 0 Å². The van der Waals surface area contributed by atoms with Gasteiger partial charge in [-0.3, -0.25) is 4.57 Å². The lowest BCUT2D eigenvalue weighted by atomic mass is 9.96. The van der Waals surface area contributed by atoms with Crippen LogP contribution in [0.25, 0.3) is 11.3 Å². The largest absolute Gasteiger partial charge is 0.475 e. The summed E-state index contributed by atoms with van der Waals surface area (Å²) in [7, 11) is 0. The number of fused-ring (bicyclic) bond motifs is 3.